The zero-order valence-corrected chi connectivity index (χ0v) is 12.3. The van der Waals surface area contributed by atoms with Gasteiger partial charge in [0.2, 0.25) is 5.91 Å². The third kappa shape index (κ3) is 2.20. The SMILES string of the molecule is CC(=O)N1c2ccc(-c3cn[nH]c3)cc2N(C(=O)O)CC1C. The van der Waals surface area contributed by atoms with Gasteiger partial charge in [0.25, 0.3) is 0 Å². The van der Waals surface area contributed by atoms with Gasteiger partial charge >= 0.3 is 6.09 Å². The van der Waals surface area contributed by atoms with E-state index in [-0.39, 0.29) is 18.5 Å². The van der Waals surface area contributed by atoms with Crippen LogP contribution in [0.3, 0.4) is 0 Å². The average molecular weight is 300 g/mol. The van der Waals surface area contributed by atoms with Gasteiger partial charge in [-0.05, 0) is 24.6 Å². The highest BCUT2D eigenvalue weighted by atomic mass is 16.4. The second kappa shape index (κ2) is 5.18. The highest BCUT2D eigenvalue weighted by molar-refractivity contribution is 6.02. The third-order valence-electron chi connectivity index (χ3n) is 3.82. The predicted molar refractivity (Wildman–Crippen MR) is 82.0 cm³/mol. The number of benzene rings is 1. The van der Waals surface area contributed by atoms with Crippen LogP contribution in [0.2, 0.25) is 0 Å². The van der Waals surface area contributed by atoms with Crippen molar-refractivity contribution in [2.24, 2.45) is 0 Å². The van der Waals surface area contributed by atoms with Crippen LogP contribution in [0, 0.1) is 0 Å². The second-order valence-corrected chi connectivity index (χ2v) is 5.32. The Hall–Kier alpha value is -2.83. The molecule has 7 nitrogen and oxygen atoms in total. The summed E-state index contributed by atoms with van der Waals surface area (Å²) in [7, 11) is 0. The van der Waals surface area contributed by atoms with Crippen molar-refractivity contribution in [3.8, 4) is 11.1 Å². The quantitative estimate of drug-likeness (QED) is 0.845. The lowest BCUT2D eigenvalue weighted by Gasteiger charge is -2.39. The molecule has 2 aromatic rings. The fourth-order valence-electron chi connectivity index (χ4n) is 2.87. The van der Waals surface area contributed by atoms with E-state index >= 15 is 0 Å². The molecule has 0 saturated heterocycles. The Morgan fingerprint density at radius 1 is 1.32 bits per heavy atom. The summed E-state index contributed by atoms with van der Waals surface area (Å²) in [4.78, 5) is 26.4. The minimum absolute atomic E-state index is 0.102. The molecule has 114 valence electrons. The summed E-state index contributed by atoms with van der Waals surface area (Å²) >= 11 is 0. The van der Waals surface area contributed by atoms with Gasteiger partial charge in [0.05, 0.1) is 23.6 Å². The molecule has 0 saturated carbocycles. The molecular formula is C15H16N4O3. The molecule has 0 radical (unpaired) electrons. The topological polar surface area (TPSA) is 89.5 Å². The number of aromatic amines is 1. The molecule has 2 heterocycles. The van der Waals surface area contributed by atoms with Gasteiger partial charge in [-0.15, -0.1) is 0 Å². The first-order valence-electron chi connectivity index (χ1n) is 6.92. The monoisotopic (exact) mass is 300 g/mol. The number of hydrogen-bond acceptors (Lipinski definition) is 3. The number of H-pyrrole nitrogens is 1. The molecule has 2 amide bonds. The lowest BCUT2D eigenvalue weighted by Crippen LogP contribution is -2.51. The van der Waals surface area contributed by atoms with Gasteiger partial charge in [-0.2, -0.15) is 5.10 Å². The number of nitrogens with zero attached hydrogens (tertiary/aromatic N) is 3. The number of rotatable bonds is 1. The molecule has 0 spiro atoms. The number of hydrogen-bond donors (Lipinski definition) is 2. The van der Waals surface area contributed by atoms with Crippen molar-refractivity contribution in [2.75, 3.05) is 16.3 Å². The molecule has 1 aliphatic heterocycles. The standard InChI is InChI=1S/C15H16N4O3/c1-9-8-18(15(21)22)14-5-11(12-6-16-17-7-12)3-4-13(14)19(9)10(2)20/h3-7,9H,8H2,1-2H3,(H,16,17)(H,21,22). The van der Waals surface area contributed by atoms with Gasteiger partial charge in [-0.25, -0.2) is 4.79 Å². The Bertz CT molecular complexity index is 726. The molecule has 1 aliphatic rings. The molecule has 0 fully saturated rings. The maximum absolute atomic E-state index is 11.9. The van der Waals surface area contributed by atoms with Gasteiger partial charge < -0.3 is 10.0 Å². The maximum Gasteiger partial charge on any atom is 0.411 e. The van der Waals surface area contributed by atoms with Crippen LogP contribution in [0.15, 0.2) is 30.6 Å². The lowest BCUT2D eigenvalue weighted by molar-refractivity contribution is -0.117. The van der Waals surface area contributed by atoms with Crippen molar-refractivity contribution in [1.29, 1.82) is 0 Å². The molecule has 22 heavy (non-hydrogen) atoms. The fourth-order valence-corrected chi connectivity index (χ4v) is 2.87. The van der Waals surface area contributed by atoms with Crippen LogP contribution in [0.25, 0.3) is 11.1 Å². The van der Waals surface area contributed by atoms with Gasteiger partial charge in [0, 0.05) is 25.2 Å². The highest BCUT2D eigenvalue weighted by Gasteiger charge is 2.33. The van der Waals surface area contributed by atoms with Crippen molar-refractivity contribution in [3.63, 3.8) is 0 Å². The van der Waals surface area contributed by atoms with Gasteiger partial charge in [-0.3, -0.25) is 14.8 Å². The van der Waals surface area contributed by atoms with Crippen LogP contribution in [0.5, 0.6) is 0 Å². The largest absolute Gasteiger partial charge is 0.465 e. The van der Waals surface area contributed by atoms with E-state index in [4.69, 9.17) is 0 Å². The van der Waals surface area contributed by atoms with Gasteiger partial charge in [-0.1, -0.05) is 6.07 Å². The van der Waals surface area contributed by atoms with Crippen molar-refractivity contribution in [1.82, 2.24) is 10.2 Å². The summed E-state index contributed by atoms with van der Waals surface area (Å²) in [5.74, 6) is -0.102. The van der Waals surface area contributed by atoms with Crippen LogP contribution < -0.4 is 9.80 Å². The number of carbonyl (C=O) groups excluding carboxylic acids is 1. The summed E-state index contributed by atoms with van der Waals surface area (Å²) in [5, 5.41) is 16.1. The Morgan fingerprint density at radius 3 is 2.68 bits per heavy atom. The molecule has 0 bridgehead atoms. The number of carbonyl (C=O) groups is 2. The molecular weight excluding hydrogens is 284 g/mol. The molecule has 1 aromatic heterocycles. The highest BCUT2D eigenvalue weighted by Crippen LogP contribution is 2.38. The Labute approximate surface area is 127 Å². The summed E-state index contributed by atoms with van der Waals surface area (Å²) in [6.07, 6.45) is 2.38. The van der Waals surface area contributed by atoms with Crippen LogP contribution in [-0.4, -0.2) is 39.9 Å². The van der Waals surface area contributed by atoms with Crippen LogP contribution in [-0.2, 0) is 4.79 Å². The zero-order valence-electron chi connectivity index (χ0n) is 12.3. The minimum Gasteiger partial charge on any atom is -0.465 e. The summed E-state index contributed by atoms with van der Waals surface area (Å²) in [6.45, 7) is 3.57. The first-order valence-corrected chi connectivity index (χ1v) is 6.92. The van der Waals surface area contributed by atoms with E-state index in [1.54, 1.807) is 29.4 Å². The average Bonchev–Trinajstić information content (AvgIpc) is 2.99. The molecule has 1 unspecified atom stereocenters. The Balaban J connectivity index is 2.15. The summed E-state index contributed by atoms with van der Waals surface area (Å²) in [6, 6.07) is 5.21. The third-order valence-corrected chi connectivity index (χ3v) is 3.82. The number of carboxylic acid groups (broad SMARTS) is 1. The first kappa shape index (κ1) is 14.1. The van der Waals surface area contributed by atoms with E-state index < -0.39 is 6.09 Å². The molecule has 1 aromatic carbocycles. The van der Waals surface area contributed by atoms with Crippen LogP contribution in [0.1, 0.15) is 13.8 Å². The van der Waals surface area contributed by atoms with E-state index in [2.05, 4.69) is 10.2 Å². The Kier molecular flexibility index (Phi) is 3.32. The molecule has 7 heteroatoms. The van der Waals surface area contributed by atoms with E-state index in [1.165, 1.54) is 11.8 Å². The normalized spacial score (nSPS) is 17.3. The summed E-state index contributed by atoms with van der Waals surface area (Å²) in [5.41, 5.74) is 2.83. The fraction of sp³-hybridized carbons (Fsp3) is 0.267. The molecule has 0 aliphatic carbocycles. The minimum atomic E-state index is -1.03. The number of fused-ring (bicyclic) bond motifs is 1. The van der Waals surface area contributed by atoms with Gasteiger partial charge in [0.1, 0.15) is 0 Å². The number of anilines is 2. The van der Waals surface area contributed by atoms with Crippen molar-refractivity contribution >= 4 is 23.4 Å². The van der Waals surface area contributed by atoms with E-state index in [0.717, 1.165) is 11.1 Å². The van der Waals surface area contributed by atoms with Crippen LogP contribution >= 0.6 is 0 Å². The molecule has 2 N–H and O–H groups in total. The second-order valence-electron chi connectivity index (χ2n) is 5.32. The maximum atomic E-state index is 11.9. The lowest BCUT2D eigenvalue weighted by atomic mass is 10.0. The predicted octanol–water partition coefficient (Wildman–Crippen LogP) is 2.32. The number of amides is 2. The smallest absolute Gasteiger partial charge is 0.411 e. The Morgan fingerprint density at radius 2 is 2.09 bits per heavy atom. The van der Waals surface area contributed by atoms with Crippen LogP contribution in [0.4, 0.5) is 16.2 Å². The summed E-state index contributed by atoms with van der Waals surface area (Å²) < 4.78 is 0. The van der Waals surface area contributed by atoms with Gasteiger partial charge in [0.15, 0.2) is 0 Å². The number of nitrogens with one attached hydrogen (secondary N) is 1. The van der Waals surface area contributed by atoms with Crippen molar-refractivity contribution in [3.05, 3.63) is 30.6 Å². The first-order chi connectivity index (χ1) is 10.5. The van der Waals surface area contributed by atoms with E-state index in [9.17, 15) is 14.7 Å². The number of aromatic nitrogens is 2. The van der Waals surface area contributed by atoms with Crippen molar-refractivity contribution in [2.45, 2.75) is 19.9 Å². The zero-order chi connectivity index (χ0) is 15.9. The molecule has 1 atom stereocenters. The molecule has 3 rings (SSSR count). The van der Waals surface area contributed by atoms with E-state index in [0.29, 0.717) is 11.4 Å². The van der Waals surface area contributed by atoms with E-state index in [1.807, 2.05) is 13.0 Å². The van der Waals surface area contributed by atoms with Crippen molar-refractivity contribution < 1.29 is 14.7 Å².